The standard InChI is InChI=1S/C21H24N4/c1-3-7-18(8-4-1)22-24-20-13-11-17-15-16(20)12-14-21(17)25-23-19-9-5-2-6-10-19/h1-10,16-17,22-23H,11-15H2/b24-20-,25-21-/t16-,17-/m1/s1. The molecule has 128 valence electrons. The zero-order valence-corrected chi connectivity index (χ0v) is 14.4. The van der Waals surface area contributed by atoms with E-state index in [0.717, 1.165) is 37.1 Å². The summed E-state index contributed by atoms with van der Waals surface area (Å²) in [6.45, 7) is 0. The highest BCUT2D eigenvalue weighted by Gasteiger charge is 2.34. The van der Waals surface area contributed by atoms with Crippen LogP contribution in [0.2, 0.25) is 0 Å². The minimum Gasteiger partial charge on any atom is -0.279 e. The fourth-order valence-electron chi connectivity index (χ4n) is 3.83. The number of hydrogen-bond acceptors (Lipinski definition) is 4. The van der Waals surface area contributed by atoms with Crippen molar-refractivity contribution in [2.75, 3.05) is 10.9 Å². The molecule has 2 N–H and O–H groups in total. The lowest BCUT2D eigenvalue weighted by atomic mass is 9.70. The van der Waals surface area contributed by atoms with Crippen molar-refractivity contribution in [3.8, 4) is 0 Å². The third kappa shape index (κ3) is 3.90. The Morgan fingerprint density at radius 1 is 0.640 bits per heavy atom. The lowest BCUT2D eigenvalue weighted by Crippen LogP contribution is -2.35. The summed E-state index contributed by atoms with van der Waals surface area (Å²) >= 11 is 0. The second-order valence-electron chi connectivity index (χ2n) is 6.87. The monoisotopic (exact) mass is 332 g/mol. The molecule has 4 rings (SSSR count). The first-order chi connectivity index (χ1) is 12.4. The number of anilines is 2. The average Bonchev–Trinajstić information content (AvgIpc) is 2.68. The second kappa shape index (κ2) is 7.51. The van der Waals surface area contributed by atoms with Gasteiger partial charge in [-0.3, -0.25) is 10.9 Å². The molecule has 4 heteroatoms. The van der Waals surface area contributed by atoms with Gasteiger partial charge in [0.15, 0.2) is 0 Å². The summed E-state index contributed by atoms with van der Waals surface area (Å²) in [7, 11) is 0. The van der Waals surface area contributed by atoms with Gasteiger partial charge < -0.3 is 0 Å². The first-order valence-electron chi connectivity index (χ1n) is 9.13. The predicted molar refractivity (Wildman–Crippen MR) is 105 cm³/mol. The van der Waals surface area contributed by atoms with E-state index in [4.69, 9.17) is 10.2 Å². The van der Waals surface area contributed by atoms with E-state index in [0.29, 0.717) is 11.8 Å². The van der Waals surface area contributed by atoms with Gasteiger partial charge in [-0.1, -0.05) is 36.4 Å². The van der Waals surface area contributed by atoms with E-state index in [1.165, 1.54) is 17.8 Å². The number of para-hydroxylation sites is 2. The second-order valence-corrected chi connectivity index (χ2v) is 6.87. The van der Waals surface area contributed by atoms with Gasteiger partial charge in [0.1, 0.15) is 0 Å². The van der Waals surface area contributed by atoms with Crippen LogP contribution < -0.4 is 10.9 Å². The Balaban J connectivity index is 1.38. The highest BCUT2D eigenvalue weighted by atomic mass is 15.3. The Labute approximate surface area is 149 Å². The zero-order valence-electron chi connectivity index (χ0n) is 14.4. The molecule has 2 aliphatic carbocycles. The Morgan fingerprint density at radius 3 is 1.52 bits per heavy atom. The molecule has 0 unspecified atom stereocenters. The number of fused-ring (bicyclic) bond motifs is 2. The number of hydrazone groups is 2. The molecule has 0 spiro atoms. The Kier molecular flexibility index (Phi) is 4.77. The van der Waals surface area contributed by atoms with Crippen LogP contribution in [0.25, 0.3) is 0 Å². The summed E-state index contributed by atoms with van der Waals surface area (Å²) < 4.78 is 0. The van der Waals surface area contributed by atoms with Crippen molar-refractivity contribution in [2.24, 2.45) is 22.0 Å². The lowest BCUT2D eigenvalue weighted by Gasteiger charge is -2.36. The van der Waals surface area contributed by atoms with Crippen LogP contribution in [0.15, 0.2) is 70.9 Å². The SMILES string of the molecule is c1ccc(N/N=C2/CC[C@@H]3C[C@H]2CC/C3=N/Nc2ccccc2)cc1. The molecular formula is C21H24N4. The third-order valence-electron chi connectivity index (χ3n) is 5.21. The molecule has 2 aliphatic rings. The highest BCUT2D eigenvalue weighted by Crippen LogP contribution is 2.37. The molecule has 25 heavy (non-hydrogen) atoms. The summed E-state index contributed by atoms with van der Waals surface area (Å²) in [5.74, 6) is 1.20. The van der Waals surface area contributed by atoms with E-state index in [9.17, 15) is 0 Å². The molecule has 0 aliphatic heterocycles. The summed E-state index contributed by atoms with van der Waals surface area (Å²) in [6, 6.07) is 20.4. The van der Waals surface area contributed by atoms with Gasteiger partial charge in [0.25, 0.3) is 0 Å². The molecule has 4 nitrogen and oxygen atoms in total. The van der Waals surface area contributed by atoms with Crippen molar-refractivity contribution < 1.29 is 0 Å². The Bertz CT molecular complexity index is 686. The van der Waals surface area contributed by atoms with Crippen LogP contribution in [0, 0.1) is 11.8 Å². The number of nitrogens with one attached hydrogen (secondary N) is 2. The zero-order chi connectivity index (χ0) is 16.9. The Hall–Kier alpha value is -2.62. The van der Waals surface area contributed by atoms with E-state index in [2.05, 4.69) is 35.1 Å². The quantitative estimate of drug-likeness (QED) is 0.762. The van der Waals surface area contributed by atoms with Gasteiger partial charge in [0.2, 0.25) is 0 Å². The molecule has 2 aromatic carbocycles. The van der Waals surface area contributed by atoms with E-state index >= 15 is 0 Å². The smallest absolute Gasteiger partial charge is 0.0561 e. The Morgan fingerprint density at radius 2 is 1.08 bits per heavy atom. The fraction of sp³-hybridized carbons (Fsp3) is 0.333. The first-order valence-corrected chi connectivity index (χ1v) is 9.13. The van der Waals surface area contributed by atoms with Crippen molar-refractivity contribution in [3.05, 3.63) is 60.7 Å². The molecule has 2 saturated carbocycles. The van der Waals surface area contributed by atoms with Crippen LogP contribution in [0.5, 0.6) is 0 Å². The van der Waals surface area contributed by atoms with Gasteiger partial charge in [0.05, 0.1) is 11.4 Å². The third-order valence-corrected chi connectivity index (χ3v) is 5.21. The van der Waals surface area contributed by atoms with Gasteiger partial charge >= 0.3 is 0 Å². The molecule has 0 heterocycles. The number of hydrogen-bond donors (Lipinski definition) is 2. The summed E-state index contributed by atoms with van der Waals surface area (Å²) in [4.78, 5) is 0. The summed E-state index contributed by atoms with van der Waals surface area (Å²) in [5.41, 5.74) is 11.2. The van der Waals surface area contributed by atoms with Crippen molar-refractivity contribution >= 4 is 22.8 Å². The molecule has 2 fully saturated rings. The molecule has 2 aromatic rings. The maximum Gasteiger partial charge on any atom is 0.0561 e. The van der Waals surface area contributed by atoms with E-state index < -0.39 is 0 Å². The predicted octanol–water partition coefficient (Wildman–Crippen LogP) is 5.13. The van der Waals surface area contributed by atoms with Crippen molar-refractivity contribution in [1.29, 1.82) is 0 Å². The maximum absolute atomic E-state index is 4.70. The molecular weight excluding hydrogens is 308 g/mol. The van der Waals surface area contributed by atoms with Crippen LogP contribution in [-0.4, -0.2) is 11.4 Å². The molecule has 0 radical (unpaired) electrons. The van der Waals surface area contributed by atoms with Crippen LogP contribution in [-0.2, 0) is 0 Å². The van der Waals surface area contributed by atoms with Crippen molar-refractivity contribution in [2.45, 2.75) is 32.1 Å². The minimum absolute atomic E-state index is 0.602. The van der Waals surface area contributed by atoms with Crippen LogP contribution in [0.1, 0.15) is 32.1 Å². The first kappa shape index (κ1) is 15.9. The normalized spacial score (nSPS) is 25.8. The van der Waals surface area contributed by atoms with Crippen LogP contribution >= 0.6 is 0 Å². The largest absolute Gasteiger partial charge is 0.279 e. The molecule has 2 atom stereocenters. The molecule has 0 aromatic heterocycles. The summed E-state index contributed by atoms with van der Waals surface area (Å²) in [6.07, 6.45) is 5.63. The fourth-order valence-corrected chi connectivity index (χ4v) is 3.83. The minimum atomic E-state index is 0.602. The number of nitrogens with zero attached hydrogens (tertiary/aromatic N) is 2. The van der Waals surface area contributed by atoms with Gasteiger partial charge in [-0.2, -0.15) is 10.2 Å². The van der Waals surface area contributed by atoms with Gasteiger partial charge in [-0.15, -0.1) is 0 Å². The maximum atomic E-state index is 4.70. The number of benzene rings is 2. The summed E-state index contributed by atoms with van der Waals surface area (Å²) in [5, 5.41) is 9.41. The van der Waals surface area contributed by atoms with Crippen molar-refractivity contribution in [3.63, 3.8) is 0 Å². The van der Waals surface area contributed by atoms with Gasteiger partial charge in [-0.25, -0.2) is 0 Å². The van der Waals surface area contributed by atoms with Crippen LogP contribution in [0.4, 0.5) is 11.4 Å². The molecule has 0 amide bonds. The van der Waals surface area contributed by atoms with Crippen molar-refractivity contribution in [1.82, 2.24) is 0 Å². The lowest BCUT2D eigenvalue weighted by molar-refractivity contribution is 0.407. The molecule has 2 bridgehead atoms. The van der Waals surface area contributed by atoms with Crippen LogP contribution in [0.3, 0.4) is 0 Å². The number of rotatable bonds is 4. The van der Waals surface area contributed by atoms with E-state index in [-0.39, 0.29) is 0 Å². The van der Waals surface area contributed by atoms with E-state index in [1.54, 1.807) is 0 Å². The van der Waals surface area contributed by atoms with Gasteiger partial charge in [-0.05, 0) is 56.4 Å². The van der Waals surface area contributed by atoms with Gasteiger partial charge in [0, 0.05) is 23.3 Å². The topological polar surface area (TPSA) is 48.8 Å². The average molecular weight is 332 g/mol. The highest BCUT2D eigenvalue weighted by molar-refractivity contribution is 5.95. The molecule has 0 saturated heterocycles. The van der Waals surface area contributed by atoms with E-state index in [1.807, 2.05) is 36.4 Å².